The van der Waals surface area contributed by atoms with Crippen LogP contribution in [0, 0.1) is 6.92 Å². The fourth-order valence-electron chi connectivity index (χ4n) is 2.08. The van der Waals surface area contributed by atoms with Crippen molar-refractivity contribution in [3.8, 4) is 0 Å². The molecule has 1 aromatic carbocycles. The van der Waals surface area contributed by atoms with Crippen LogP contribution in [0.25, 0.3) is 0 Å². The number of aliphatic hydroxyl groups is 1. The van der Waals surface area contributed by atoms with Crippen molar-refractivity contribution in [2.45, 2.75) is 44.9 Å². The molecule has 0 heterocycles. The number of aryl methyl sites for hydroxylation is 1. The maximum absolute atomic E-state index is 10.3. The van der Waals surface area contributed by atoms with E-state index in [1.807, 2.05) is 12.1 Å². The van der Waals surface area contributed by atoms with Crippen LogP contribution in [0.4, 0.5) is 0 Å². The Morgan fingerprint density at radius 1 is 1.25 bits per heavy atom. The molecule has 1 aliphatic rings. The second kappa shape index (κ2) is 4.56. The highest BCUT2D eigenvalue weighted by molar-refractivity contribution is 5.24. The Morgan fingerprint density at radius 3 is 2.31 bits per heavy atom. The molecule has 0 radical (unpaired) electrons. The van der Waals surface area contributed by atoms with E-state index in [1.165, 1.54) is 18.4 Å². The summed E-state index contributed by atoms with van der Waals surface area (Å²) in [5, 5.41) is 10.3. The predicted molar refractivity (Wildman–Crippen MR) is 66.4 cm³/mol. The van der Waals surface area contributed by atoms with E-state index in [1.54, 1.807) is 0 Å². The zero-order valence-corrected chi connectivity index (χ0v) is 10.4. The van der Waals surface area contributed by atoms with E-state index in [0.717, 1.165) is 5.56 Å². The van der Waals surface area contributed by atoms with Crippen molar-refractivity contribution in [1.29, 1.82) is 0 Å². The zero-order valence-electron chi connectivity index (χ0n) is 10.4. The number of hydrogen-bond acceptors (Lipinski definition) is 2. The molecule has 1 saturated carbocycles. The zero-order chi connectivity index (χ0) is 11.7. The quantitative estimate of drug-likeness (QED) is 0.841. The second-order valence-electron chi connectivity index (χ2n) is 4.99. The van der Waals surface area contributed by atoms with Crippen molar-refractivity contribution in [2.24, 2.45) is 0 Å². The minimum absolute atomic E-state index is 0.190. The van der Waals surface area contributed by atoms with Crippen LogP contribution in [-0.4, -0.2) is 29.1 Å². The molecule has 1 fully saturated rings. The number of benzene rings is 1. The summed E-state index contributed by atoms with van der Waals surface area (Å²) in [5.41, 5.74) is 2.25. The van der Waals surface area contributed by atoms with E-state index in [-0.39, 0.29) is 12.1 Å². The highest BCUT2D eigenvalue weighted by atomic mass is 16.3. The molecule has 2 heteroatoms. The molecule has 0 amide bonds. The monoisotopic (exact) mass is 219 g/mol. The normalized spacial score (nSPS) is 19.8. The average molecular weight is 219 g/mol. The van der Waals surface area contributed by atoms with Gasteiger partial charge in [0.05, 0.1) is 6.10 Å². The maximum Gasteiger partial charge on any atom is 0.0942 e. The van der Waals surface area contributed by atoms with Crippen LogP contribution in [0.2, 0.25) is 0 Å². The Kier molecular flexibility index (Phi) is 3.31. The summed E-state index contributed by atoms with van der Waals surface area (Å²) in [7, 11) is 2.11. The standard InChI is InChI=1S/C14H21NO/c1-10-4-6-12(7-5-10)14(16)11(2)15(3)13-8-9-13/h4-7,11,13-14,16H,8-9H2,1-3H3. The summed E-state index contributed by atoms with van der Waals surface area (Å²) in [5.74, 6) is 0. The minimum atomic E-state index is -0.383. The van der Waals surface area contributed by atoms with Crippen molar-refractivity contribution >= 4 is 0 Å². The summed E-state index contributed by atoms with van der Waals surface area (Å²) in [6, 6.07) is 9.05. The van der Waals surface area contributed by atoms with Gasteiger partial charge < -0.3 is 5.11 Å². The molecule has 0 saturated heterocycles. The third kappa shape index (κ3) is 2.45. The molecule has 16 heavy (non-hydrogen) atoms. The van der Waals surface area contributed by atoms with Crippen LogP contribution in [0.3, 0.4) is 0 Å². The van der Waals surface area contributed by atoms with Gasteiger partial charge in [0.25, 0.3) is 0 Å². The second-order valence-corrected chi connectivity index (χ2v) is 4.99. The van der Waals surface area contributed by atoms with Crippen LogP contribution in [0.1, 0.15) is 37.0 Å². The largest absolute Gasteiger partial charge is 0.387 e. The smallest absolute Gasteiger partial charge is 0.0942 e. The third-order valence-electron chi connectivity index (χ3n) is 3.64. The molecule has 2 unspecified atom stereocenters. The molecule has 2 nitrogen and oxygen atoms in total. The van der Waals surface area contributed by atoms with Gasteiger partial charge in [-0.05, 0) is 39.3 Å². The average Bonchev–Trinajstić information content (AvgIpc) is 3.11. The first-order valence-corrected chi connectivity index (χ1v) is 6.06. The Bertz CT molecular complexity index is 342. The summed E-state index contributed by atoms with van der Waals surface area (Å²) in [6.45, 7) is 4.17. The summed E-state index contributed by atoms with van der Waals surface area (Å²) < 4.78 is 0. The highest BCUT2D eigenvalue weighted by Gasteiger charge is 2.32. The first kappa shape index (κ1) is 11.6. The molecule has 0 aromatic heterocycles. The van der Waals surface area contributed by atoms with Crippen molar-refractivity contribution < 1.29 is 5.11 Å². The number of likely N-dealkylation sites (N-methyl/N-ethyl adjacent to an activating group) is 1. The van der Waals surface area contributed by atoms with Gasteiger partial charge in [-0.3, -0.25) is 4.90 Å². The highest BCUT2D eigenvalue weighted by Crippen LogP contribution is 2.31. The summed E-state index contributed by atoms with van der Waals surface area (Å²) >= 11 is 0. The summed E-state index contributed by atoms with van der Waals surface area (Å²) in [4.78, 5) is 2.30. The Morgan fingerprint density at radius 2 is 1.81 bits per heavy atom. The van der Waals surface area contributed by atoms with E-state index >= 15 is 0 Å². The molecule has 2 rings (SSSR count). The van der Waals surface area contributed by atoms with E-state index < -0.39 is 0 Å². The lowest BCUT2D eigenvalue weighted by atomic mass is 10.0. The van der Waals surface area contributed by atoms with Crippen LogP contribution in [0.5, 0.6) is 0 Å². The molecule has 1 aromatic rings. The molecule has 0 aliphatic heterocycles. The number of hydrogen-bond donors (Lipinski definition) is 1. The van der Waals surface area contributed by atoms with Gasteiger partial charge in [0.15, 0.2) is 0 Å². The van der Waals surface area contributed by atoms with E-state index in [0.29, 0.717) is 6.04 Å². The molecule has 0 bridgehead atoms. The predicted octanol–water partition coefficient (Wildman–Crippen LogP) is 2.51. The van der Waals surface area contributed by atoms with Crippen LogP contribution in [0.15, 0.2) is 24.3 Å². The minimum Gasteiger partial charge on any atom is -0.387 e. The molecule has 1 N–H and O–H groups in total. The van der Waals surface area contributed by atoms with Gasteiger partial charge in [0, 0.05) is 12.1 Å². The first-order chi connectivity index (χ1) is 7.59. The lowest BCUT2D eigenvalue weighted by Crippen LogP contribution is -2.35. The lowest BCUT2D eigenvalue weighted by molar-refractivity contribution is 0.0685. The topological polar surface area (TPSA) is 23.5 Å². The molecule has 0 spiro atoms. The van der Waals surface area contributed by atoms with Crippen LogP contribution in [-0.2, 0) is 0 Å². The van der Waals surface area contributed by atoms with Gasteiger partial charge in [-0.15, -0.1) is 0 Å². The van der Waals surface area contributed by atoms with Crippen molar-refractivity contribution in [1.82, 2.24) is 4.90 Å². The van der Waals surface area contributed by atoms with E-state index in [4.69, 9.17) is 0 Å². The Hall–Kier alpha value is -0.860. The maximum atomic E-state index is 10.3. The molecular weight excluding hydrogens is 198 g/mol. The van der Waals surface area contributed by atoms with Crippen molar-refractivity contribution in [2.75, 3.05) is 7.05 Å². The molecular formula is C14H21NO. The third-order valence-corrected chi connectivity index (χ3v) is 3.64. The molecule has 2 atom stereocenters. The summed E-state index contributed by atoms with van der Waals surface area (Å²) in [6.07, 6.45) is 2.18. The Balaban J connectivity index is 2.05. The van der Waals surface area contributed by atoms with E-state index in [9.17, 15) is 5.11 Å². The van der Waals surface area contributed by atoms with Gasteiger partial charge in [0.1, 0.15) is 0 Å². The number of rotatable bonds is 4. The Labute approximate surface area is 97.9 Å². The number of nitrogens with zero attached hydrogens (tertiary/aromatic N) is 1. The number of aliphatic hydroxyl groups excluding tert-OH is 1. The van der Waals surface area contributed by atoms with Gasteiger partial charge in [-0.2, -0.15) is 0 Å². The van der Waals surface area contributed by atoms with Gasteiger partial charge >= 0.3 is 0 Å². The lowest BCUT2D eigenvalue weighted by Gasteiger charge is -2.29. The molecule has 88 valence electrons. The van der Waals surface area contributed by atoms with E-state index in [2.05, 4.69) is 37.9 Å². The fraction of sp³-hybridized carbons (Fsp3) is 0.571. The van der Waals surface area contributed by atoms with Crippen molar-refractivity contribution in [3.63, 3.8) is 0 Å². The van der Waals surface area contributed by atoms with Crippen LogP contribution >= 0.6 is 0 Å². The van der Waals surface area contributed by atoms with Gasteiger partial charge in [-0.25, -0.2) is 0 Å². The fourth-order valence-corrected chi connectivity index (χ4v) is 2.08. The van der Waals surface area contributed by atoms with Crippen molar-refractivity contribution in [3.05, 3.63) is 35.4 Å². The van der Waals surface area contributed by atoms with Crippen LogP contribution < -0.4 is 0 Å². The van der Waals surface area contributed by atoms with Gasteiger partial charge in [0.2, 0.25) is 0 Å². The molecule has 1 aliphatic carbocycles. The first-order valence-electron chi connectivity index (χ1n) is 6.06. The van der Waals surface area contributed by atoms with Gasteiger partial charge in [-0.1, -0.05) is 29.8 Å². The SMILES string of the molecule is Cc1ccc(C(O)C(C)N(C)C2CC2)cc1.